The Labute approximate surface area is 121 Å². The predicted molar refractivity (Wildman–Crippen MR) is 78.0 cm³/mol. The Bertz CT molecular complexity index is 740. The number of hydrogen-bond donors (Lipinski definition) is 1. The summed E-state index contributed by atoms with van der Waals surface area (Å²) in [6, 6.07) is 14.7. The molecule has 0 aliphatic heterocycles. The van der Waals surface area contributed by atoms with Crippen LogP contribution in [0.1, 0.15) is 11.5 Å². The van der Waals surface area contributed by atoms with Gasteiger partial charge in [0.25, 0.3) is 5.95 Å². The lowest BCUT2D eigenvalue weighted by Crippen LogP contribution is -1.94. The Morgan fingerprint density at radius 2 is 1.86 bits per heavy atom. The summed E-state index contributed by atoms with van der Waals surface area (Å²) in [7, 11) is 0. The normalized spacial score (nSPS) is 10.7. The van der Waals surface area contributed by atoms with Crippen molar-refractivity contribution >= 4 is 5.95 Å². The van der Waals surface area contributed by atoms with Gasteiger partial charge in [0, 0.05) is 12.0 Å². The first-order chi connectivity index (χ1) is 10.2. The van der Waals surface area contributed by atoms with Crippen molar-refractivity contribution in [3.8, 4) is 11.1 Å². The Kier molecular flexibility index (Phi) is 3.64. The fourth-order valence-corrected chi connectivity index (χ4v) is 2.19. The summed E-state index contributed by atoms with van der Waals surface area (Å²) < 4.78 is 19.1. The molecule has 0 atom stereocenters. The zero-order valence-corrected chi connectivity index (χ0v) is 11.3. The zero-order chi connectivity index (χ0) is 14.7. The maximum Gasteiger partial charge on any atom is 0.260 e. The van der Waals surface area contributed by atoms with Gasteiger partial charge in [0.2, 0.25) is 5.89 Å². The summed E-state index contributed by atoms with van der Waals surface area (Å²) in [6.07, 6.45) is 1.15. The highest BCUT2D eigenvalue weighted by Gasteiger charge is 2.08. The summed E-state index contributed by atoms with van der Waals surface area (Å²) >= 11 is 0. The quantitative estimate of drug-likeness (QED) is 0.798. The molecule has 2 aromatic carbocycles. The van der Waals surface area contributed by atoms with Crippen LogP contribution < -0.4 is 5.73 Å². The standard InChI is InChI=1S/C16H14FN3O/c17-14-10-11(7-9-15-19-16(18)20-21-15)6-8-13(14)12-4-2-1-3-5-12/h1-6,8,10H,7,9H2,(H2,18,20). The monoisotopic (exact) mass is 283 g/mol. The van der Waals surface area contributed by atoms with Crippen molar-refractivity contribution in [3.63, 3.8) is 0 Å². The Balaban J connectivity index is 1.75. The van der Waals surface area contributed by atoms with E-state index in [2.05, 4.69) is 10.1 Å². The van der Waals surface area contributed by atoms with E-state index in [4.69, 9.17) is 10.3 Å². The molecule has 1 aromatic heterocycles. The summed E-state index contributed by atoms with van der Waals surface area (Å²) in [5, 5.41) is 3.52. The van der Waals surface area contributed by atoms with E-state index in [1.807, 2.05) is 36.4 Å². The number of benzene rings is 2. The van der Waals surface area contributed by atoms with Crippen molar-refractivity contribution in [1.29, 1.82) is 0 Å². The van der Waals surface area contributed by atoms with E-state index in [-0.39, 0.29) is 11.8 Å². The lowest BCUT2D eigenvalue weighted by atomic mass is 10.0. The van der Waals surface area contributed by atoms with Gasteiger partial charge >= 0.3 is 0 Å². The maximum absolute atomic E-state index is 14.2. The molecule has 0 aliphatic rings. The van der Waals surface area contributed by atoms with Gasteiger partial charge in [-0.05, 0) is 28.8 Å². The van der Waals surface area contributed by atoms with E-state index in [0.29, 0.717) is 24.3 Å². The fourth-order valence-electron chi connectivity index (χ4n) is 2.19. The smallest absolute Gasteiger partial charge is 0.260 e. The number of nitrogens with zero attached hydrogens (tertiary/aromatic N) is 2. The predicted octanol–water partition coefficient (Wildman–Crippen LogP) is 3.24. The van der Waals surface area contributed by atoms with Gasteiger partial charge in [-0.2, -0.15) is 4.98 Å². The number of hydrogen-bond acceptors (Lipinski definition) is 4. The minimum absolute atomic E-state index is 0.121. The molecule has 3 rings (SSSR count). The second kappa shape index (κ2) is 5.75. The zero-order valence-electron chi connectivity index (χ0n) is 11.3. The van der Waals surface area contributed by atoms with Gasteiger partial charge < -0.3 is 10.3 Å². The van der Waals surface area contributed by atoms with Crippen LogP contribution >= 0.6 is 0 Å². The summed E-state index contributed by atoms with van der Waals surface area (Å²) in [6.45, 7) is 0. The van der Waals surface area contributed by atoms with Gasteiger partial charge in [0.15, 0.2) is 0 Å². The average Bonchev–Trinajstić information content (AvgIpc) is 2.92. The maximum atomic E-state index is 14.2. The molecule has 106 valence electrons. The second-order valence-corrected chi connectivity index (χ2v) is 4.73. The first-order valence-corrected chi connectivity index (χ1v) is 6.64. The molecule has 21 heavy (non-hydrogen) atoms. The third kappa shape index (κ3) is 3.08. The van der Waals surface area contributed by atoms with E-state index >= 15 is 0 Å². The molecule has 0 saturated carbocycles. The number of anilines is 1. The van der Waals surface area contributed by atoms with Crippen molar-refractivity contribution in [2.75, 3.05) is 5.73 Å². The second-order valence-electron chi connectivity index (χ2n) is 4.73. The minimum atomic E-state index is -0.233. The highest BCUT2D eigenvalue weighted by Crippen LogP contribution is 2.23. The van der Waals surface area contributed by atoms with Crippen molar-refractivity contribution in [3.05, 3.63) is 65.8 Å². The van der Waals surface area contributed by atoms with Crippen LogP contribution in [-0.2, 0) is 12.8 Å². The summed E-state index contributed by atoms with van der Waals surface area (Å²) in [4.78, 5) is 3.92. The van der Waals surface area contributed by atoms with E-state index in [9.17, 15) is 4.39 Å². The number of aromatic nitrogens is 2. The first-order valence-electron chi connectivity index (χ1n) is 6.64. The van der Waals surface area contributed by atoms with Crippen LogP contribution in [0.2, 0.25) is 0 Å². The molecule has 2 N–H and O–H groups in total. The minimum Gasteiger partial charge on any atom is -0.365 e. The van der Waals surface area contributed by atoms with Crippen molar-refractivity contribution in [2.24, 2.45) is 0 Å². The van der Waals surface area contributed by atoms with Gasteiger partial charge in [-0.15, -0.1) is 0 Å². The third-order valence-corrected chi connectivity index (χ3v) is 3.23. The van der Waals surface area contributed by atoms with Crippen molar-refractivity contribution in [1.82, 2.24) is 10.1 Å². The molecule has 0 spiro atoms. The van der Waals surface area contributed by atoms with Crippen LogP contribution in [0.25, 0.3) is 11.1 Å². The Hall–Kier alpha value is -2.69. The molecule has 0 amide bonds. The van der Waals surface area contributed by atoms with E-state index in [1.54, 1.807) is 12.1 Å². The van der Waals surface area contributed by atoms with Gasteiger partial charge in [0.05, 0.1) is 0 Å². The van der Waals surface area contributed by atoms with Crippen LogP contribution in [0, 0.1) is 5.82 Å². The topological polar surface area (TPSA) is 64.9 Å². The van der Waals surface area contributed by atoms with Gasteiger partial charge in [-0.1, -0.05) is 42.5 Å². The van der Waals surface area contributed by atoms with Crippen LogP contribution in [0.4, 0.5) is 10.3 Å². The number of nitrogen functional groups attached to an aromatic ring is 1. The number of halogens is 1. The average molecular weight is 283 g/mol. The van der Waals surface area contributed by atoms with Gasteiger partial charge in [-0.25, -0.2) is 4.39 Å². The number of nitrogens with two attached hydrogens (primary N) is 1. The highest BCUT2D eigenvalue weighted by atomic mass is 19.1. The molecular weight excluding hydrogens is 269 g/mol. The highest BCUT2D eigenvalue weighted by molar-refractivity contribution is 5.64. The lowest BCUT2D eigenvalue weighted by molar-refractivity contribution is 0.379. The molecule has 4 nitrogen and oxygen atoms in total. The van der Waals surface area contributed by atoms with Crippen molar-refractivity contribution < 1.29 is 8.91 Å². The van der Waals surface area contributed by atoms with Crippen LogP contribution in [0.5, 0.6) is 0 Å². The van der Waals surface area contributed by atoms with E-state index in [0.717, 1.165) is 11.1 Å². The third-order valence-electron chi connectivity index (χ3n) is 3.23. The first kappa shape index (κ1) is 13.3. The largest absolute Gasteiger partial charge is 0.365 e. The molecule has 3 aromatic rings. The fraction of sp³-hybridized carbons (Fsp3) is 0.125. The van der Waals surface area contributed by atoms with Crippen LogP contribution in [-0.4, -0.2) is 10.1 Å². The van der Waals surface area contributed by atoms with Crippen molar-refractivity contribution in [2.45, 2.75) is 12.8 Å². The molecule has 0 radical (unpaired) electrons. The molecule has 0 saturated heterocycles. The Morgan fingerprint density at radius 1 is 1.05 bits per heavy atom. The summed E-state index contributed by atoms with van der Waals surface area (Å²) in [5.74, 6) is 0.347. The number of aryl methyl sites for hydroxylation is 2. The molecule has 0 aliphatic carbocycles. The van der Waals surface area contributed by atoms with E-state index < -0.39 is 0 Å². The summed E-state index contributed by atoms with van der Waals surface area (Å²) in [5.41, 5.74) is 7.72. The van der Waals surface area contributed by atoms with Gasteiger partial charge in [0.1, 0.15) is 5.82 Å². The molecular formula is C16H14FN3O. The van der Waals surface area contributed by atoms with E-state index in [1.165, 1.54) is 0 Å². The van der Waals surface area contributed by atoms with Gasteiger partial charge in [-0.3, -0.25) is 0 Å². The Morgan fingerprint density at radius 3 is 2.52 bits per heavy atom. The van der Waals surface area contributed by atoms with Crippen LogP contribution in [0.15, 0.2) is 53.1 Å². The lowest BCUT2D eigenvalue weighted by Gasteiger charge is -2.06. The molecule has 5 heteroatoms. The molecule has 1 heterocycles. The molecule has 0 unspecified atom stereocenters. The molecule has 0 fully saturated rings. The molecule has 0 bridgehead atoms. The van der Waals surface area contributed by atoms with Crippen LogP contribution in [0.3, 0.4) is 0 Å². The SMILES string of the molecule is Nc1noc(CCc2ccc(-c3ccccc3)c(F)c2)n1. The number of rotatable bonds is 4.